The molecule has 0 bridgehead atoms. The van der Waals surface area contributed by atoms with E-state index in [1.165, 1.54) is 0 Å². The van der Waals surface area contributed by atoms with Gasteiger partial charge < -0.3 is 10.4 Å². The van der Waals surface area contributed by atoms with Gasteiger partial charge in [-0.05, 0) is 26.0 Å². The highest BCUT2D eigenvalue weighted by molar-refractivity contribution is 5.93. The first-order chi connectivity index (χ1) is 8.61. The fraction of sp³-hybridized carbons (Fsp3) is 0.308. The fourth-order valence-electron chi connectivity index (χ4n) is 1.73. The lowest BCUT2D eigenvalue weighted by Crippen LogP contribution is -2.16. The maximum atomic E-state index is 9.32. The molecule has 92 valence electrons. The Hall–Kier alpha value is -2.19. The van der Waals surface area contributed by atoms with Crippen molar-refractivity contribution >= 4 is 16.6 Å². The number of hydrogen-bond acceptors (Lipinski definition) is 5. The summed E-state index contributed by atoms with van der Waals surface area (Å²) in [6.45, 7) is 4.02. The van der Waals surface area contributed by atoms with Gasteiger partial charge in [0.1, 0.15) is 6.07 Å². The van der Waals surface area contributed by atoms with Crippen molar-refractivity contribution < 1.29 is 5.11 Å². The highest BCUT2D eigenvalue weighted by atomic mass is 16.3. The first kappa shape index (κ1) is 12.3. The van der Waals surface area contributed by atoms with Crippen LogP contribution in [0, 0.1) is 18.3 Å². The van der Waals surface area contributed by atoms with Crippen LogP contribution in [0.4, 0.5) is 5.69 Å². The van der Waals surface area contributed by atoms with Crippen molar-refractivity contribution in [1.29, 1.82) is 5.26 Å². The molecule has 0 saturated heterocycles. The number of anilines is 1. The monoisotopic (exact) mass is 242 g/mol. The lowest BCUT2D eigenvalue weighted by atomic mass is 10.1. The van der Waals surface area contributed by atoms with Gasteiger partial charge in [-0.2, -0.15) is 5.26 Å². The first-order valence-electron chi connectivity index (χ1n) is 5.71. The molecule has 0 saturated carbocycles. The minimum atomic E-state index is -0.496. The zero-order valence-electron chi connectivity index (χ0n) is 10.3. The molecule has 0 amide bonds. The standard InChI is InChI=1S/C13H14N4O/c1-8-3-4-11-10(5-8)13(15-7-9(2)18)12(6-14)17-16-11/h3-5,9,18H,7H2,1-2H3,(H,15,16). The van der Waals surface area contributed by atoms with Crippen LogP contribution in [0.2, 0.25) is 0 Å². The molecule has 5 heteroatoms. The van der Waals surface area contributed by atoms with Crippen molar-refractivity contribution in [3.05, 3.63) is 29.5 Å². The molecule has 18 heavy (non-hydrogen) atoms. The van der Waals surface area contributed by atoms with Gasteiger partial charge in [0, 0.05) is 11.9 Å². The van der Waals surface area contributed by atoms with E-state index in [-0.39, 0.29) is 5.69 Å². The molecular formula is C13H14N4O. The van der Waals surface area contributed by atoms with Crippen LogP contribution >= 0.6 is 0 Å². The van der Waals surface area contributed by atoms with E-state index in [0.717, 1.165) is 16.5 Å². The molecule has 1 unspecified atom stereocenters. The Bertz CT molecular complexity index is 616. The van der Waals surface area contributed by atoms with E-state index >= 15 is 0 Å². The second-order valence-electron chi connectivity index (χ2n) is 4.29. The Balaban J connectivity index is 2.57. The van der Waals surface area contributed by atoms with Crippen LogP contribution in [0.5, 0.6) is 0 Å². The molecule has 0 aliphatic rings. The van der Waals surface area contributed by atoms with Gasteiger partial charge in [0.25, 0.3) is 0 Å². The van der Waals surface area contributed by atoms with Gasteiger partial charge >= 0.3 is 0 Å². The second-order valence-corrected chi connectivity index (χ2v) is 4.29. The number of benzene rings is 1. The van der Waals surface area contributed by atoms with Crippen LogP contribution in [0.25, 0.3) is 10.9 Å². The number of hydrogen-bond donors (Lipinski definition) is 2. The van der Waals surface area contributed by atoms with Crippen LogP contribution in [0.15, 0.2) is 18.2 Å². The minimum absolute atomic E-state index is 0.244. The number of nitrogens with zero attached hydrogens (tertiary/aromatic N) is 3. The van der Waals surface area contributed by atoms with Crippen molar-refractivity contribution in [1.82, 2.24) is 10.2 Å². The molecule has 0 aliphatic carbocycles. The Morgan fingerprint density at radius 3 is 2.89 bits per heavy atom. The average Bonchev–Trinajstić information content (AvgIpc) is 2.35. The molecular weight excluding hydrogens is 228 g/mol. The summed E-state index contributed by atoms with van der Waals surface area (Å²) < 4.78 is 0. The normalized spacial score (nSPS) is 12.1. The van der Waals surface area contributed by atoms with E-state index in [9.17, 15) is 5.11 Å². The summed E-state index contributed by atoms with van der Waals surface area (Å²) in [4.78, 5) is 0. The summed E-state index contributed by atoms with van der Waals surface area (Å²) in [6.07, 6.45) is -0.496. The largest absolute Gasteiger partial charge is 0.392 e. The molecule has 5 nitrogen and oxygen atoms in total. The third kappa shape index (κ3) is 2.39. The fourth-order valence-corrected chi connectivity index (χ4v) is 1.73. The number of aromatic nitrogens is 2. The number of aliphatic hydroxyl groups is 1. The molecule has 1 heterocycles. The van der Waals surface area contributed by atoms with Gasteiger partial charge in [-0.15, -0.1) is 10.2 Å². The first-order valence-corrected chi connectivity index (χ1v) is 5.71. The summed E-state index contributed by atoms with van der Waals surface area (Å²) in [5.41, 5.74) is 2.69. The minimum Gasteiger partial charge on any atom is -0.392 e. The number of aliphatic hydroxyl groups excluding tert-OH is 1. The van der Waals surface area contributed by atoms with Crippen LogP contribution < -0.4 is 5.32 Å². The second kappa shape index (κ2) is 4.98. The highest BCUT2D eigenvalue weighted by Crippen LogP contribution is 2.24. The van der Waals surface area contributed by atoms with Crippen molar-refractivity contribution in [2.75, 3.05) is 11.9 Å². The van der Waals surface area contributed by atoms with Gasteiger partial charge in [-0.25, -0.2) is 0 Å². The predicted octanol–water partition coefficient (Wildman–Crippen LogP) is 1.60. The Morgan fingerprint density at radius 1 is 1.44 bits per heavy atom. The Morgan fingerprint density at radius 2 is 2.22 bits per heavy atom. The molecule has 2 rings (SSSR count). The summed E-state index contributed by atoms with van der Waals surface area (Å²) >= 11 is 0. The summed E-state index contributed by atoms with van der Waals surface area (Å²) in [7, 11) is 0. The van der Waals surface area contributed by atoms with Gasteiger partial charge in [0.05, 0.1) is 17.3 Å². The topological polar surface area (TPSA) is 81.8 Å². The van der Waals surface area contributed by atoms with Crippen molar-refractivity contribution in [2.45, 2.75) is 20.0 Å². The molecule has 0 fully saturated rings. The smallest absolute Gasteiger partial charge is 0.186 e. The van der Waals surface area contributed by atoms with Crippen LogP contribution in [0.1, 0.15) is 18.2 Å². The molecule has 2 aromatic rings. The third-order valence-corrected chi connectivity index (χ3v) is 2.60. The van der Waals surface area contributed by atoms with Gasteiger partial charge in [-0.3, -0.25) is 0 Å². The van der Waals surface area contributed by atoms with Crippen molar-refractivity contribution in [3.8, 4) is 6.07 Å². The molecule has 0 spiro atoms. The number of rotatable bonds is 3. The van der Waals surface area contributed by atoms with Crippen LogP contribution in [0.3, 0.4) is 0 Å². The predicted molar refractivity (Wildman–Crippen MR) is 69.2 cm³/mol. The van der Waals surface area contributed by atoms with Crippen LogP contribution in [-0.4, -0.2) is 28.0 Å². The lowest BCUT2D eigenvalue weighted by Gasteiger charge is -2.12. The number of nitriles is 1. The van der Waals surface area contributed by atoms with Gasteiger partial charge in [-0.1, -0.05) is 11.6 Å². The Labute approximate surface area is 105 Å². The van der Waals surface area contributed by atoms with Gasteiger partial charge in [0.15, 0.2) is 5.69 Å². The average molecular weight is 242 g/mol. The number of aryl methyl sites for hydroxylation is 1. The van der Waals surface area contributed by atoms with E-state index in [1.54, 1.807) is 6.92 Å². The summed E-state index contributed by atoms with van der Waals surface area (Å²) in [6, 6.07) is 7.78. The zero-order valence-corrected chi connectivity index (χ0v) is 10.3. The maximum Gasteiger partial charge on any atom is 0.186 e. The van der Waals surface area contributed by atoms with E-state index in [2.05, 4.69) is 15.5 Å². The highest BCUT2D eigenvalue weighted by Gasteiger charge is 2.11. The molecule has 0 radical (unpaired) electrons. The quantitative estimate of drug-likeness (QED) is 0.854. The molecule has 1 aromatic carbocycles. The van der Waals surface area contributed by atoms with E-state index in [1.807, 2.05) is 31.2 Å². The van der Waals surface area contributed by atoms with E-state index in [0.29, 0.717) is 12.2 Å². The van der Waals surface area contributed by atoms with Crippen molar-refractivity contribution in [3.63, 3.8) is 0 Å². The molecule has 2 N–H and O–H groups in total. The summed E-state index contributed by atoms with van der Waals surface area (Å²) in [5, 5.41) is 30.2. The van der Waals surface area contributed by atoms with E-state index in [4.69, 9.17) is 5.26 Å². The number of nitrogens with one attached hydrogen (secondary N) is 1. The van der Waals surface area contributed by atoms with Gasteiger partial charge in [0.2, 0.25) is 0 Å². The SMILES string of the molecule is Cc1ccc2nnc(C#N)c(NCC(C)O)c2c1. The molecule has 0 aliphatic heterocycles. The lowest BCUT2D eigenvalue weighted by molar-refractivity contribution is 0.208. The maximum absolute atomic E-state index is 9.32. The van der Waals surface area contributed by atoms with Crippen molar-refractivity contribution in [2.24, 2.45) is 0 Å². The van der Waals surface area contributed by atoms with E-state index < -0.39 is 6.10 Å². The number of fused-ring (bicyclic) bond motifs is 1. The summed E-state index contributed by atoms with van der Waals surface area (Å²) in [5.74, 6) is 0. The molecule has 1 atom stereocenters. The molecule has 1 aromatic heterocycles. The van der Waals surface area contributed by atoms with Crippen LogP contribution in [-0.2, 0) is 0 Å². The zero-order chi connectivity index (χ0) is 13.1. The Kier molecular flexibility index (Phi) is 3.40. The third-order valence-electron chi connectivity index (χ3n) is 2.60.